The van der Waals surface area contributed by atoms with Crippen molar-refractivity contribution in [2.75, 3.05) is 16.8 Å². The largest absolute Gasteiger partial charge is 0.399 e. The van der Waals surface area contributed by atoms with Gasteiger partial charge in [0.2, 0.25) is 5.91 Å². The van der Waals surface area contributed by atoms with Gasteiger partial charge in [-0.05, 0) is 71.5 Å². The number of nitrogens with one attached hydrogen (secondary N) is 1. The lowest BCUT2D eigenvalue weighted by Crippen LogP contribution is -2.14. The predicted octanol–water partition coefficient (Wildman–Crippen LogP) is 3.91. The summed E-state index contributed by atoms with van der Waals surface area (Å²) in [6, 6.07) is 13.5. The van der Waals surface area contributed by atoms with Crippen LogP contribution in [0.1, 0.15) is 5.56 Å². The number of nitrogen functional groups attached to an aromatic ring is 1. The molecule has 0 bridgehead atoms. The first-order valence-corrected chi connectivity index (χ1v) is 8.15. The average molecular weight is 398 g/mol. The molecule has 0 aliphatic rings. The lowest BCUT2D eigenvalue weighted by molar-refractivity contribution is -0.113. The number of anilines is 2. The van der Waals surface area contributed by atoms with Crippen molar-refractivity contribution in [1.29, 1.82) is 0 Å². The Labute approximate surface area is 136 Å². The smallest absolute Gasteiger partial charge is 0.234 e. The first kappa shape index (κ1) is 15.2. The molecule has 5 heteroatoms. The van der Waals surface area contributed by atoms with Gasteiger partial charge in [-0.2, -0.15) is 0 Å². The van der Waals surface area contributed by atoms with Gasteiger partial charge < -0.3 is 11.1 Å². The Hall–Kier alpha value is -1.21. The zero-order valence-electron chi connectivity index (χ0n) is 11.0. The van der Waals surface area contributed by atoms with Crippen molar-refractivity contribution in [3.05, 3.63) is 51.6 Å². The number of carbonyl (C=O) groups excluding carboxylic acids is 1. The molecule has 1 amide bonds. The van der Waals surface area contributed by atoms with Crippen LogP contribution in [0, 0.1) is 10.5 Å². The van der Waals surface area contributed by atoms with Gasteiger partial charge in [0.1, 0.15) is 0 Å². The maximum Gasteiger partial charge on any atom is 0.234 e. The van der Waals surface area contributed by atoms with Crippen LogP contribution in [0.15, 0.2) is 47.4 Å². The molecular formula is C15H15IN2OS. The van der Waals surface area contributed by atoms with Gasteiger partial charge >= 0.3 is 0 Å². The Bertz CT molecular complexity index is 631. The zero-order chi connectivity index (χ0) is 14.5. The average Bonchev–Trinajstić information content (AvgIpc) is 2.40. The van der Waals surface area contributed by atoms with Crippen molar-refractivity contribution in [2.24, 2.45) is 0 Å². The van der Waals surface area contributed by atoms with E-state index in [0.717, 1.165) is 19.7 Å². The van der Waals surface area contributed by atoms with Gasteiger partial charge in [-0.15, -0.1) is 11.8 Å². The monoisotopic (exact) mass is 398 g/mol. The van der Waals surface area contributed by atoms with Gasteiger partial charge in [0.05, 0.1) is 5.75 Å². The fraction of sp³-hybridized carbons (Fsp3) is 0.133. The highest BCUT2D eigenvalue weighted by molar-refractivity contribution is 14.1. The Morgan fingerprint density at radius 2 is 2.10 bits per heavy atom. The van der Waals surface area contributed by atoms with E-state index in [-0.39, 0.29) is 5.91 Å². The van der Waals surface area contributed by atoms with E-state index in [1.165, 1.54) is 11.8 Å². The molecule has 2 aromatic carbocycles. The number of benzene rings is 2. The van der Waals surface area contributed by atoms with Crippen molar-refractivity contribution in [1.82, 2.24) is 0 Å². The van der Waals surface area contributed by atoms with Crippen LogP contribution < -0.4 is 11.1 Å². The van der Waals surface area contributed by atoms with Crippen LogP contribution in [0.5, 0.6) is 0 Å². The van der Waals surface area contributed by atoms with E-state index < -0.39 is 0 Å². The van der Waals surface area contributed by atoms with E-state index in [0.29, 0.717) is 11.4 Å². The van der Waals surface area contributed by atoms with E-state index >= 15 is 0 Å². The van der Waals surface area contributed by atoms with Gasteiger partial charge in [0.15, 0.2) is 0 Å². The normalized spacial score (nSPS) is 10.3. The molecule has 0 aliphatic carbocycles. The highest BCUT2D eigenvalue weighted by atomic mass is 127. The highest BCUT2D eigenvalue weighted by Crippen LogP contribution is 2.21. The summed E-state index contributed by atoms with van der Waals surface area (Å²) < 4.78 is 1.16. The maximum atomic E-state index is 11.9. The Morgan fingerprint density at radius 1 is 1.30 bits per heavy atom. The third-order valence-electron chi connectivity index (χ3n) is 2.69. The molecule has 0 spiro atoms. The SMILES string of the molecule is Cc1cc(I)ccc1NC(=O)CSc1cccc(N)c1. The molecule has 0 aromatic heterocycles. The van der Waals surface area contributed by atoms with Gasteiger partial charge in [0, 0.05) is 19.8 Å². The van der Waals surface area contributed by atoms with Crippen LogP contribution in [0.25, 0.3) is 0 Å². The molecule has 3 nitrogen and oxygen atoms in total. The van der Waals surface area contributed by atoms with E-state index in [1.54, 1.807) is 0 Å². The third-order valence-corrected chi connectivity index (χ3v) is 4.36. The minimum absolute atomic E-state index is 0.0123. The van der Waals surface area contributed by atoms with Crippen molar-refractivity contribution >= 4 is 51.6 Å². The molecule has 0 radical (unpaired) electrons. The van der Waals surface area contributed by atoms with E-state index in [4.69, 9.17) is 5.73 Å². The molecule has 0 saturated heterocycles. The molecule has 0 saturated carbocycles. The number of hydrogen-bond acceptors (Lipinski definition) is 3. The Kier molecular flexibility index (Phi) is 5.31. The predicted molar refractivity (Wildman–Crippen MR) is 94.1 cm³/mol. The summed E-state index contributed by atoms with van der Waals surface area (Å²) in [7, 11) is 0. The maximum absolute atomic E-state index is 11.9. The molecule has 2 aromatic rings. The standard InChI is InChI=1S/C15H15IN2OS/c1-10-7-11(16)5-6-14(10)18-15(19)9-20-13-4-2-3-12(17)8-13/h2-8H,9,17H2,1H3,(H,18,19). The summed E-state index contributed by atoms with van der Waals surface area (Å²) in [5.74, 6) is 0.358. The number of halogens is 1. The quantitative estimate of drug-likeness (QED) is 0.467. The minimum Gasteiger partial charge on any atom is -0.399 e. The Balaban J connectivity index is 1.92. The summed E-state index contributed by atoms with van der Waals surface area (Å²) in [5.41, 5.74) is 8.35. The fourth-order valence-electron chi connectivity index (χ4n) is 1.71. The highest BCUT2D eigenvalue weighted by Gasteiger charge is 2.06. The van der Waals surface area contributed by atoms with Gasteiger partial charge in [-0.3, -0.25) is 4.79 Å². The summed E-state index contributed by atoms with van der Waals surface area (Å²) in [6.45, 7) is 1.99. The molecule has 0 atom stereocenters. The summed E-state index contributed by atoms with van der Waals surface area (Å²) in [6.07, 6.45) is 0. The van der Waals surface area contributed by atoms with Crippen molar-refractivity contribution < 1.29 is 4.79 Å². The molecule has 0 heterocycles. The van der Waals surface area contributed by atoms with Crippen LogP contribution in [-0.4, -0.2) is 11.7 Å². The van der Waals surface area contributed by atoms with E-state index in [2.05, 4.69) is 27.9 Å². The molecule has 20 heavy (non-hydrogen) atoms. The Morgan fingerprint density at radius 3 is 2.80 bits per heavy atom. The van der Waals surface area contributed by atoms with E-state index in [9.17, 15) is 4.79 Å². The van der Waals surface area contributed by atoms with Gasteiger partial charge in [-0.1, -0.05) is 6.07 Å². The number of hydrogen-bond donors (Lipinski definition) is 2. The van der Waals surface area contributed by atoms with Crippen molar-refractivity contribution in [2.45, 2.75) is 11.8 Å². The van der Waals surface area contributed by atoms with Crippen LogP contribution in [0.2, 0.25) is 0 Å². The number of aryl methyl sites for hydroxylation is 1. The van der Waals surface area contributed by atoms with Crippen LogP contribution in [0.3, 0.4) is 0 Å². The first-order chi connectivity index (χ1) is 9.54. The first-order valence-electron chi connectivity index (χ1n) is 6.09. The summed E-state index contributed by atoms with van der Waals surface area (Å²) in [5, 5.41) is 2.93. The topological polar surface area (TPSA) is 55.1 Å². The number of amides is 1. The molecule has 0 unspecified atom stereocenters. The molecular weight excluding hydrogens is 383 g/mol. The molecule has 0 fully saturated rings. The second-order valence-electron chi connectivity index (χ2n) is 4.37. The van der Waals surface area contributed by atoms with Crippen LogP contribution >= 0.6 is 34.4 Å². The van der Waals surface area contributed by atoms with Crippen LogP contribution in [-0.2, 0) is 4.79 Å². The second kappa shape index (κ2) is 6.99. The summed E-state index contributed by atoms with van der Waals surface area (Å²) in [4.78, 5) is 12.9. The number of nitrogens with two attached hydrogens (primary N) is 1. The summed E-state index contributed by atoms with van der Waals surface area (Å²) >= 11 is 3.73. The number of carbonyl (C=O) groups is 1. The van der Waals surface area contributed by atoms with Gasteiger partial charge in [-0.25, -0.2) is 0 Å². The van der Waals surface area contributed by atoms with Crippen molar-refractivity contribution in [3.8, 4) is 0 Å². The lowest BCUT2D eigenvalue weighted by Gasteiger charge is -2.08. The lowest BCUT2D eigenvalue weighted by atomic mass is 10.2. The second-order valence-corrected chi connectivity index (χ2v) is 6.66. The third kappa shape index (κ3) is 4.42. The number of rotatable bonds is 4. The molecule has 3 N–H and O–H groups in total. The minimum atomic E-state index is -0.0123. The van der Waals surface area contributed by atoms with Crippen molar-refractivity contribution in [3.63, 3.8) is 0 Å². The van der Waals surface area contributed by atoms with Crippen LogP contribution in [0.4, 0.5) is 11.4 Å². The molecule has 0 aliphatic heterocycles. The number of thioether (sulfide) groups is 1. The van der Waals surface area contributed by atoms with Gasteiger partial charge in [0.25, 0.3) is 0 Å². The molecule has 104 valence electrons. The zero-order valence-corrected chi connectivity index (χ0v) is 14.0. The van der Waals surface area contributed by atoms with E-state index in [1.807, 2.05) is 49.4 Å². The molecule has 2 rings (SSSR count). The fourth-order valence-corrected chi connectivity index (χ4v) is 3.12.